The number of anilines is 1. The maximum atomic E-state index is 12.1. The summed E-state index contributed by atoms with van der Waals surface area (Å²) in [6.45, 7) is 3.00. The van der Waals surface area contributed by atoms with Crippen LogP contribution in [0.2, 0.25) is 0 Å². The Bertz CT molecular complexity index is 388. The quantitative estimate of drug-likeness (QED) is 0.844. The summed E-state index contributed by atoms with van der Waals surface area (Å²) < 4.78 is 0. The lowest BCUT2D eigenvalue weighted by atomic mass is 10.0. The minimum Gasteiger partial charge on any atom is -0.397 e. The highest BCUT2D eigenvalue weighted by molar-refractivity contribution is 5.78. The standard InChI is InChI=1S/C13H19N3O/c1-10-4-2-3-7-16(10)13(17)8-12-6-5-11(14)9-15-12/h5-6,9-10H,2-4,7-8,14H2,1H3. The Morgan fingerprint density at radius 1 is 1.53 bits per heavy atom. The lowest BCUT2D eigenvalue weighted by molar-refractivity contribution is -0.133. The van der Waals surface area contributed by atoms with Crippen LogP contribution in [0.3, 0.4) is 0 Å². The van der Waals surface area contributed by atoms with E-state index in [0.717, 1.165) is 25.1 Å². The summed E-state index contributed by atoms with van der Waals surface area (Å²) in [4.78, 5) is 18.3. The van der Waals surface area contributed by atoms with Crippen LogP contribution in [0, 0.1) is 0 Å². The van der Waals surface area contributed by atoms with E-state index in [1.165, 1.54) is 6.42 Å². The Labute approximate surface area is 102 Å². The summed E-state index contributed by atoms with van der Waals surface area (Å²) in [7, 11) is 0. The van der Waals surface area contributed by atoms with Crippen molar-refractivity contribution in [1.29, 1.82) is 0 Å². The molecule has 1 aliphatic rings. The second-order valence-corrected chi connectivity index (χ2v) is 4.69. The number of nitrogens with two attached hydrogens (primary N) is 1. The zero-order valence-electron chi connectivity index (χ0n) is 10.2. The van der Waals surface area contributed by atoms with Gasteiger partial charge in [-0.25, -0.2) is 0 Å². The number of carbonyl (C=O) groups is 1. The van der Waals surface area contributed by atoms with Crippen molar-refractivity contribution >= 4 is 11.6 Å². The maximum absolute atomic E-state index is 12.1. The SMILES string of the molecule is CC1CCCCN1C(=O)Cc1ccc(N)cn1. The van der Waals surface area contributed by atoms with Gasteiger partial charge in [0.1, 0.15) is 0 Å². The van der Waals surface area contributed by atoms with E-state index in [9.17, 15) is 4.79 Å². The number of nitrogens with zero attached hydrogens (tertiary/aromatic N) is 2. The van der Waals surface area contributed by atoms with E-state index in [1.54, 1.807) is 12.3 Å². The van der Waals surface area contributed by atoms with E-state index in [0.29, 0.717) is 18.2 Å². The van der Waals surface area contributed by atoms with Gasteiger partial charge in [-0.15, -0.1) is 0 Å². The van der Waals surface area contributed by atoms with Gasteiger partial charge < -0.3 is 10.6 Å². The second kappa shape index (κ2) is 5.17. The fourth-order valence-corrected chi connectivity index (χ4v) is 2.27. The Hall–Kier alpha value is -1.58. The minimum atomic E-state index is 0.175. The van der Waals surface area contributed by atoms with Crippen LogP contribution in [-0.4, -0.2) is 28.4 Å². The average Bonchev–Trinajstić information content (AvgIpc) is 2.32. The van der Waals surface area contributed by atoms with Crippen molar-refractivity contribution in [3.8, 4) is 0 Å². The lowest BCUT2D eigenvalue weighted by Gasteiger charge is -2.33. The molecule has 2 N–H and O–H groups in total. The number of hydrogen-bond donors (Lipinski definition) is 1. The van der Waals surface area contributed by atoms with E-state index in [2.05, 4.69) is 11.9 Å². The van der Waals surface area contributed by atoms with Crippen molar-refractivity contribution in [3.63, 3.8) is 0 Å². The van der Waals surface area contributed by atoms with Crippen molar-refractivity contribution in [3.05, 3.63) is 24.0 Å². The number of nitrogen functional groups attached to an aromatic ring is 1. The third-order valence-corrected chi connectivity index (χ3v) is 3.30. The molecule has 1 aliphatic heterocycles. The molecule has 0 saturated carbocycles. The first kappa shape index (κ1) is 11.9. The minimum absolute atomic E-state index is 0.175. The fraction of sp³-hybridized carbons (Fsp3) is 0.538. The Morgan fingerprint density at radius 3 is 3.00 bits per heavy atom. The number of amides is 1. The molecule has 17 heavy (non-hydrogen) atoms. The van der Waals surface area contributed by atoms with Gasteiger partial charge in [-0.05, 0) is 38.3 Å². The maximum Gasteiger partial charge on any atom is 0.228 e. The summed E-state index contributed by atoms with van der Waals surface area (Å²) in [6.07, 6.45) is 5.43. The van der Waals surface area contributed by atoms with Crippen molar-refractivity contribution in [2.24, 2.45) is 0 Å². The Morgan fingerprint density at radius 2 is 2.35 bits per heavy atom. The Kier molecular flexibility index (Phi) is 3.61. The smallest absolute Gasteiger partial charge is 0.228 e. The molecule has 1 fully saturated rings. The molecular formula is C13H19N3O. The zero-order chi connectivity index (χ0) is 12.3. The van der Waals surface area contributed by atoms with Crippen LogP contribution in [0.4, 0.5) is 5.69 Å². The number of piperidine rings is 1. The largest absolute Gasteiger partial charge is 0.397 e. The number of likely N-dealkylation sites (tertiary alicyclic amines) is 1. The molecule has 92 valence electrons. The predicted molar refractivity (Wildman–Crippen MR) is 67.4 cm³/mol. The van der Waals surface area contributed by atoms with Gasteiger partial charge >= 0.3 is 0 Å². The van der Waals surface area contributed by atoms with E-state index < -0.39 is 0 Å². The molecule has 1 aromatic rings. The van der Waals surface area contributed by atoms with Gasteiger partial charge in [0.2, 0.25) is 5.91 Å². The van der Waals surface area contributed by atoms with E-state index in [1.807, 2.05) is 11.0 Å². The molecule has 0 aromatic carbocycles. The summed E-state index contributed by atoms with van der Waals surface area (Å²) >= 11 is 0. The van der Waals surface area contributed by atoms with Crippen LogP contribution < -0.4 is 5.73 Å². The van der Waals surface area contributed by atoms with Gasteiger partial charge in [-0.2, -0.15) is 0 Å². The van der Waals surface area contributed by atoms with Gasteiger partial charge in [-0.3, -0.25) is 9.78 Å². The molecule has 0 spiro atoms. The molecule has 1 unspecified atom stereocenters. The lowest BCUT2D eigenvalue weighted by Crippen LogP contribution is -2.42. The molecule has 4 nitrogen and oxygen atoms in total. The summed E-state index contributed by atoms with van der Waals surface area (Å²) in [5.74, 6) is 0.175. The first-order chi connectivity index (χ1) is 8.16. The highest BCUT2D eigenvalue weighted by Crippen LogP contribution is 2.17. The Balaban J connectivity index is 1.98. The highest BCUT2D eigenvalue weighted by atomic mass is 16.2. The number of aromatic nitrogens is 1. The second-order valence-electron chi connectivity index (χ2n) is 4.69. The van der Waals surface area contributed by atoms with Gasteiger partial charge in [0.25, 0.3) is 0 Å². The van der Waals surface area contributed by atoms with E-state index in [4.69, 9.17) is 5.73 Å². The molecule has 4 heteroatoms. The van der Waals surface area contributed by atoms with Crippen LogP contribution in [0.15, 0.2) is 18.3 Å². The van der Waals surface area contributed by atoms with Crippen molar-refractivity contribution < 1.29 is 4.79 Å². The molecular weight excluding hydrogens is 214 g/mol. The number of rotatable bonds is 2. The summed E-state index contributed by atoms with van der Waals surface area (Å²) in [6, 6.07) is 3.97. The van der Waals surface area contributed by atoms with Gasteiger partial charge in [0, 0.05) is 18.3 Å². The molecule has 0 radical (unpaired) electrons. The van der Waals surface area contributed by atoms with Crippen LogP contribution in [-0.2, 0) is 11.2 Å². The van der Waals surface area contributed by atoms with Crippen molar-refractivity contribution in [1.82, 2.24) is 9.88 Å². The number of pyridine rings is 1. The first-order valence-electron chi connectivity index (χ1n) is 6.16. The zero-order valence-corrected chi connectivity index (χ0v) is 10.2. The third kappa shape index (κ3) is 2.96. The molecule has 1 aromatic heterocycles. The average molecular weight is 233 g/mol. The van der Waals surface area contributed by atoms with Crippen LogP contribution in [0.25, 0.3) is 0 Å². The van der Waals surface area contributed by atoms with Crippen LogP contribution in [0.5, 0.6) is 0 Å². The molecule has 0 aliphatic carbocycles. The van der Waals surface area contributed by atoms with Gasteiger partial charge in [-0.1, -0.05) is 0 Å². The summed E-state index contributed by atoms with van der Waals surface area (Å²) in [5, 5.41) is 0. The fourth-order valence-electron chi connectivity index (χ4n) is 2.27. The molecule has 1 saturated heterocycles. The summed E-state index contributed by atoms with van der Waals surface area (Å²) in [5.41, 5.74) is 6.99. The molecule has 2 rings (SSSR count). The van der Waals surface area contributed by atoms with E-state index in [-0.39, 0.29) is 5.91 Å². The van der Waals surface area contributed by atoms with Crippen molar-refractivity contribution in [2.45, 2.75) is 38.6 Å². The molecule has 1 atom stereocenters. The molecule has 2 heterocycles. The molecule has 1 amide bonds. The van der Waals surface area contributed by atoms with Crippen LogP contribution in [0.1, 0.15) is 31.9 Å². The number of carbonyl (C=O) groups excluding carboxylic acids is 1. The van der Waals surface area contributed by atoms with Gasteiger partial charge in [0.05, 0.1) is 18.3 Å². The predicted octanol–water partition coefficient (Wildman–Crippen LogP) is 1.61. The first-order valence-corrected chi connectivity index (χ1v) is 6.16. The monoisotopic (exact) mass is 233 g/mol. The normalized spacial score (nSPS) is 20.3. The third-order valence-electron chi connectivity index (χ3n) is 3.30. The topological polar surface area (TPSA) is 59.2 Å². The van der Waals surface area contributed by atoms with Gasteiger partial charge in [0.15, 0.2) is 0 Å². The van der Waals surface area contributed by atoms with Crippen molar-refractivity contribution in [2.75, 3.05) is 12.3 Å². The molecule has 0 bridgehead atoms. The van der Waals surface area contributed by atoms with Crippen LogP contribution >= 0.6 is 0 Å². The number of hydrogen-bond acceptors (Lipinski definition) is 3. The van der Waals surface area contributed by atoms with E-state index >= 15 is 0 Å². The highest BCUT2D eigenvalue weighted by Gasteiger charge is 2.23.